The van der Waals surface area contributed by atoms with Crippen molar-refractivity contribution in [3.8, 4) is 11.5 Å². The molecular formula is C26H23N3O4S2. The van der Waals surface area contributed by atoms with Gasteiger partial charge in [-0.15, -0.1) is 23.1 Å². The van der Waals surface area contributed by atoms with Crippen molar-refractivity contribution in [2.75, 3.05) is 24.9 Å². The van der Waals surface area contributed by atoms with Crippen molar-refractivity contribution in [2.45, 2.75) is 10.1 Å². The molecule has 3 aromatic carbocycles. The first-order valence-electron chi connectivity index (χ1n) is 10.6. The summed E-state index contributed by atoms with van der Waals surface area (Å²) in [5.41, 5.74) is 1.97. The highest BCUT2D eigenvalue weighted by atomic mass is 32.2. The Morgan fingerprint density at radius 2 is 1.66 bits per heavy atom. The van der Waals surface area contributed by atoms with Crippen LogP contribution in [0.5, 0.6) is 11.5 Å². The smallest absolute Gasteiger partial charge is 0.255 e. The fourth-order valence-corrected chi connectivity index (χ4v) is 4.85. The van der Waals surface area contributed by atoms with Gasteiger partial charge in [0.25, 0.3) is 5.91 Å². The van der Waals surface area contributed by atoms with E-state index in [9.17, 15) is 9.59 Å². The Bertz CT molecular complexity index is 1280. The zero-order chi connectivity index (χ0) is 24.6. The molecule has 9 heteroatoms. The van der Waals surface area contributed by atoms with E-state index in [-0.39, 0.29) is 11.8 Å². The number of anilines is 2. The summed E-state index contributed by atoms with van der Waals surface area (Å²) in [5.74, 6) is 0.616. The summed E-state index contributed by atoms with van der Waals surface area (Å²) in [7, 11) is 3.07. The molecule has 178 valence electrons. The average Bonchev–Trinajstić information content (AvgIpc) is 3.41. The average molecular weight is 506 g/mol. The number of carbonyl (C=O) groups is 2. The number of hydrogen-bond acceptors (Lipinski definition) is 7. The summed E-state index contributed by atoms with van der Waals surface area (Å²) in [6.45, 7) is 0. The predicted octanol–water partition coefficient (Wildman–Crippen LogP) is 5.88. The van der Waals surface area contributed by atoms with E-state index in [1.165, 1.54) is 30.2 Å². The minimum absolute atomic E-state index is 0.151. The number of nitrogens with zero attached hydrogens (tertiary/aromatic N) is 1. The van der Waals surface area contributed by atoms with E-state index in [2.05, 4.69) is 15.6 Å². The first kappa shape index (κ1) is 24.3. The SMILES string of the molecule is COc1ccc(C(=O)Nc2ccc(SC(C(=O)Nc3nccs3)c3ccccc3)cc2)cc1OC. The van der Waals surface area contributed by atoms with Crippen molar-refractivity contribution in [1.82, 2.24) is 4.98 Å². The number of nitrogens with one attached hydrogen (secondary N) is 2. The van der Waals surface area contributed by atoms with Crippen molar-refractivity contribution in [3.63, 3.8) is 0 Å². The molecule has 4 aromatic rings. The largest absolute Gasteiger partial charge is 0.493 e. The van der Waals surface area contributed by atoms with Crippen LogP contribution in [0.4, 0.5) is 10.8 Å². The lowest BCUT2D eigenvalue weighted by Crippen LogP contribution is -2.18. The molecule has 0 aliphatic rings. The van der Waals surface area contributed by atoms with Crippen LogP contribution in [0, 0.1) is 0 Å². The van der Waals surface area contributed by atoms with Gasteiger partial charge in [-0.05, 0) is 48.0 Å². The molecule has 1 atom stereocenters. The highest BCUT2D eigenvalue weighted by molar-refractivity contribution is 8.00. The van der Waals surface area contributed by atoms with Gasteiger partial charge in [0.1, 0.15) is 5.25 Å². The molecule has 0 fully saturated rings. The molecule has 1 heterocycles. The maximum atomic E-state index is 13.0. The van der Waals surface area contributed by atoms with Gasteiger partial charge < -0.3 is 20.1 Å². The Hall–Kier alpha value is -3.82. The molecular weight excluding hydrogens is 482 g/mol. The lowest BCUT2D eigenvalue weighted by atomic mass is 10.1. The Balaban J connectivity index is 1.46. The molecule has 2 amide bonds. The summed E-state index contributed by atoms with van der Waals surface area (Å²) in [6.07, 6.45) is 1.65. The fraction of sp³-hybridized carbons (Fsp3) is 0.115. The maximum Gasteiger partial charge on any atom is 0.255 e. The van der Waals surface area contributed by atoms with Crippen LogP contribution < -0.4 is 20.1 Å². The number of thioether (sulfide) groups is 1. The monoisotopic (exact) mass is 505 g/mol. The van der Waals surface area contributed by atoms with Gasteiger partial charge in [0.2, 0.25) is 5.91 Å². The molecule has 0 saturated heterocycles. The first-order valence-corrected chi connectivity index (χ1v) is 12.4. The van der Waals surface area contributed by atoms with Crippen molar-refractivity contribution in [2.24, 2.45) is 0 Å². The number of thiazole rings is 1. The number of amides is 2. The van der Waals surface area contributed by atoms with Crippen LogP contribution in [0.2, 0.25) is 0 Å². The van der Waals surface area contributed by atoms with Crippen molar-refractivity contribution in [1.29, 1.82) is 0 Å². The molecule has 0 aliphatic heterocycles. The molecule has 1 unspecified atom stereocenters. The van der Waals surface area contributed by atoms with Crippen molar-refractivity contribution < 1.29 is 19.1 Å². The summed E-state index contributed by atoms with van der Waals surface area (Å²) in [4.78, 5) is 30.8. The maximum absolute atomic E-state index is 13.0. The van der Waals surface area contributed by atoms with Gasteiger partial charge in [-0.3, -0.25) is 9.59 Å². The van der Waals surface area contributed by atoms with Crippen LogP contribution in [0.1, 0.15) is 21.2 Å². The molecule has 4 rings (SSSR count). The third-order valence-electron chi connectivity index (χ3n) is 5.01. The molecule has 1 aromatic heterocycles. The standard InChI is InChI=1S/C26H23N3O4S2/c1-32-21-13-8-18(16-22(21)33-2)24(30)28-19-9-11-20(12-10-19)35-23(17-6-4-3-5-7-17)25(31)29-26-27-14-15-34-26/h3-16,23H,1-2H3,(H,28,30)(H,27,29,31). The number of carbonyl (C=O) groups excluding carboxylic acids is 2. The van der Waals surface area contributed by atoms with E-state index in [1.54, 1.807) is 31.5 Å². The van der Waals surface area contributed by atoms with Crippen LogP contribution in [0.25, 0.3) is 0 Å². The van der Waals surface area contributed by atoms with Gasteiger partial charge in [-0.25, -0.2) is 4.98 Å². The van der Waals surface area contributed by atoms with Crippen LogP contribution in [0.3, 0.4) is 0 Å². The molecule has 0 radical (unpaired) electrons. The predicted molar refractivity (Wildman–Crippen MR) is 140 cm³/mol. The third-order valence-corrected chi connectivity index (χ3v) is 6.97. The second-order valence-corrected chi connectivity index (χ2v) is 9.36. The second kappa shape index (κ2) is 11.5. The first-order chi connectivity index (χ1) is 17.1. The summed E-state index contributed by atoms with van der Waals surface area (Å²) < 4.78 is 10.5. The highest BCUT2D eigenvalue weighted by Gasteiger charge is 2.23. The lowest BCUT2D eigenvalue weighted by Gasteiger charge is -2.16. The van der Waals surface area contributed by atoms with Gasteiger partial charge in [0, 0.05) is 27.7 Å². The third kappa shape index (κ3) is 6.20. The molecule has 35 heavy (non-hydrogen) atoms. The van der Waals surface area contributed by atoms with E-state index in [0.717, 1.165) is 10.5 Å². The van der Waals surface area contributed by atoms with Crippen LogP contribution in [-0.4, -0.2) is 31.0 Å². The zero-order valence-electron chi connectivity index (χ0n) is 19.1. The minimum Gasteiger partial charge on any atom is -0.493 e. The molecule has 0 saturated carbocycles. The fourth-order valence-electron chi connectivity index (χ4n) is 3.29. The van der Waals surface area contributed by atoms with Crippen LogP contribution in [-0.2, 0) is 4.79 Å². The van der Waals surface area contributed by atoms with Gasteiger partial charge in [-0.1, -0.05) is 30.3 Å². The van der Waals surface area contributed by atoms with Crippen LogP contribution in [0.15, 0.2) is 89.3 Å². The quantitative estimate of drug-likeness (QED) is 0.276. The number of rotatable bonds is 9. The minimum atomic E-state index is -0.465. The van der Waals surface area contributed by atoms with Gasteiger partial charge >= 0.3 is 0 Å². The highest BCUT2D eigenvalue weighted by Crippen LogP contribution is 2.37. The van der Waals surface area contributed by atoms with Crippen molar-refractivity contribution >= 4 is 45.7 Å². The summed E-state index contributed by atoms with van der Waals surface area (Å²) in [5, 5.41) is 7.68. The zero-order valence-corrected chi connectivity index (χ0v) is 20.7. The van der Waals surface area contributed by atoms with E-state index in [0.29, 0.717) is 27.9 Å². The van der Waals surface area contributed by atoms with E-state index in [1.807, 2.05) is 60.0 Å². The molecule has 7 nitrogen and oxygen atoms in total. The molecule has 2 N–H and O–H groups in total. The molecule has 0 aliphatic carbocycles. The number of hydrogen-bond donors (Lipinski definition) is 2. The van der Waals surface area contributed by atoms with E-state index < -0.39 is 5.25 Å². The Morgan fingerprint density at radius 1 is 0.914 bits per heavy atom. The van der Waals surface area contributed by atoms with Gasteiger partial charge in [0.15, 0.2) is 16.6 Å². The normalized spacial score (nSPS) is 11.4. The number of methoxy groups -OCH3 is 2. The summed E-state index contributed by atoms with van der Waals surface area (Å²) >= 11 is 2.80. The summed E-state index contributed by atoms with van der Waals surface area (Å²) in [6, 6.07) is 21.9. The molecule has 0 bridgehead atoms. The Kier molecular flexibility index (Phi) is 8.02. The van der Waals surface area contributed by atoms with E-state index >= 15 is 0 Å². The topological polar surface area (TPSA) is 89.5 Å². The lowest BCUT2D eigenvalue weighted by molar-refractivity contribution is -0.115. The van der Waals surface area contributed by atoms with Gasteiger partial charge in [0.05, 0.1) is 14.2 Å². The number of ether oxygens (including phenoxy) is 2. The van der Waals surface area contributed by atoms with Crippen molar-refractivity contribution in [3.05, 3.63) is 95.5 Å². The van der Waals surface area contributed by atoms with Crippen LogP contribution >= 0.6 is 23.1 Å². The Morgan fingerprint density at radius 3 is 2.31 bits per heavy atom. The van der Waals surface area contributed by atoms with E-state index in [4.69, 9.17) is 9.47 Å². The number of benzene rings is 3. The Labute approximate surface area is 211 Å². The second-order valence-electron chi connectivity index (χ2n) is 7.28. The molecule has 0 spiro atoms. The van der Waals surface area contributed by atoms with Gasteiger partial charge in [-0.2, -0.15) is 0 Å². The number of aromatic nitrogens is 1.